The molecule has 1 amide bonds. The van der Waals surface area contributed by atoms with Gasteiger partial charge in [-0.3, -0.25) is 14.0 Å². The zero-order valence-corrected chi connectivity index (χ0v) is 15.4. The fourth-order valence-electron chi connectivity index (χ4n) is 3.31. The minimum atomic E-state index is -0.730. The van der Waals surface area contributed by atoms with Gasteiger partial charge in [0.15, 0.2) is 5.58 Å². The largest absolute Gasteiger partial charge is 0.463 e. The quantitative estimate of drug-likeness (QED) is 0.604. The first-order chi connectivity index (χ1) is 13.0. The van der Waals surface area contributed by atoms with Gasteiger partial charge >= 0.3 is 0 Å². The lowest BCUT2D eigenvalue weighted by molar-refractivity contribution is -0.124. The number of aryl methyl sites for hydroxylation is 2. The monoisotopic (exact) mass is 364 g/mol. The van der Waals surface area contributed by atoms with E-state index in [4.69, 9.17) is 4.42 Å². The molecular formula is C20H20N4O3. The Kier molecular flexibility index (Phi) is 4.07. The van der Waals surface area contributed by atoms with Gasteiger partial charge in [-0.1, -0.05) is 24.3 Å². The van der Waals surface area contributed by atoms with Gasteiger partial charge in [0.05, 0.1) is 11.8 Å². The topological polar surface area (TPSA) is 81.5 Å². The van der Waals surface area contributed by atoms with Crippen LogP contribution in [0.15, 0.2) is 51.9 Å². The number of carbonyl (C=O) groups excluding carboxylic acids is 1. The maximum atomic E-state index is 12.9. The Hall–Kier alpha value is -3.35. The van der Waals surface area contributed by atoms with E-state index in [1.807, 2.05) is 31.2 Å². The standard InChI is InChI=1S/C20H20N4O3/c1-12-6-4-5-7-15(12)11-21-19(25)13(2)24-20(26)17-10-18-16(8-9-27-18)23(17)14(3)22-24/h4-10,13H,11H2,1-3H3,(H,21,25). The number of aromatic nitrogens is 3. The van der Waals surface area contributed by atoms with E-state index in [0.29, 0.717) is 23.5 Å². The van der Waals surface area contributed by atoms with Crippen LogP contribution in [0.4, 0.5) is 0 Å². The molecule has 7 nitrogen and oxygen atoms in total. The van der Waals surface area contributed by atoms with Gasteiger partial charge in [-0.2, -0.15) is 5.10 Å². The second kappa shape index (κ2) is 6.42. The number of carbonyl (C=O) groups is 1. The molecule has 0 saturated carbocycles. The first-order valence-corrected chi connectivity index (χ1v) is 8.77. The average Bonchev–Trinajstić information content (AvgIpc) is 3.24. The van der Waals surface area contributed by atoms with Gasteiger partial charge in [-0.25, -0.2) is 4.68 Å². The van der Waals surface area contributed by atoms with Crippen LogP contribution in [0, 0.1) is 13.8 Å². The minimum absolute atomic E-state index is 0.258. The van der Waals surface area contributed by atoms with Gasteiger partial charge < -0.3 is 9.73 Å². The van der Waals surface area contributed by atoms with E-state index in [0.717, 1.165) is 16.6 Å². The zero-order valence-electron chi connectivity index (χ0n) is 15.4. The molecule has 0 saturated heterocycles. The Bertz CT molecular complexity index is 1220. The van der Waals surface area contributed by atoms with Crippen LogP contribution >= 0.6 is 0 Å². The third-order valence-corrected chi connectivity index (χ3v) is 4.89. The zero-order chi connectivity index (χ0) is 19.1. The first-order valence-electron chi connectivity index (χ1n) is 8.77. The Morgan fingerprint density at radius 1 is 1.22 bits per heavy atom. The molecule has 0 bridgehead atoms. The molecule has 1 N–H and O–H groups in total. The Morgan fingerprint density at radius 2 is 2.00 bits per heavy atom. The lowest BCUT2D eigenvalue weighted by Crippen LogP contribution is -2.38. The summed E-state index contributed by atoms with van der Waals surface area (Å²) in [4.78, 5) is 25.5. The van der Waals surface area contributed by atoms with Gasteiger partial charge in [-0.05, 0) is 31.9 Å². The molecule has 138 valence electrons. The van der Waals surface area contributed by atoms with Crippen molar-refractivity contribution in [3.05, 3.63) is 70.0 Å². The van der Waals surface area contributed by atoms with Crippen LogP contribution in [0.2, 0.25) is 0 Å². The van der Waals surface area contributed by atoms with Gasteiger partial charge in [0, 0.05) is 18.7 Å². The van der Waals surface area contributed by atoms with Gasteiger partial charge in [0.25, 0.3) is 5.56 Å². The van der Waals surface area contributed by atoms with Gasteiger partial charge in [0.1, 0.15) is 17.4 Å². The van der Waals surface area contributed by atoms with E-state index >= 15 is 0 Å². The smallest absolute Gasteiger partial charge is 0.291 e. The molecule has 1 unspecified atom stereocenters. The summed E-state index contributed by atoms with van der Waals surface area (Å²) in [6.07, 6.45) is 1.57. The summed E-state index contributed by atoms with van der Waals surface area (Å²) < 4.78 is 8.36. The van der Waals surface area contributed by atoms with E-state index in [1.165, 1.54) is 4.68 Å². The maximum Gasteiger partial charge on any atom is 0.291 e. The van der Waals surface area contributed by atoms with Crippen molar-refractivity contribution in [2.24, 2.45) is 0 Å². The third kappa shape index (κ3) is 2.81. The van der Waals surface area contributed by atoms with E-state index < -0.39 is 6.04 Å². The van der Waals surface area contributed by atoms with Gasteiger partial charge in [-0.15, -0.1) is 0 Å². The summed E-state index contributed by atoms with van der Waals surface area (Å²) in [5.41, 5.74) is 3.66. The van der Waals surface area contributed by atoms with Crippen molar-refractivity contribution in [2.45, 2.75) is 33.4 Å². The molecule has 3 heterocycles. The number of hydrogen-bond acceptors (Lipinski definition) is 4. The number of hydrogen-bond donors (Lipinski definition) is 1. The molecule has 27 heavy (non-hydrogen) atoms. The second-order valence-electron chi connectivity index (χ2n) is 6.65. The fourth-order valence-corrected chi connectivity index (χ4v) is 3.31. The summed E-state index contributed by atoms with van der Waals surface area (Å²) in [6.45, 7) is 5.87. The van der Waals surface area contributed by atoms with E-state index in [-0.39, 0.29) is 11.5 Å². The average molecular weight is 364 g/mol. The van der Waals surface area contributed by atoms with Crippen molar-refractivity contribution in [2.75, 3.05) is 0 Å². The second-order valence-corrected chi connectivity index (χ2v) is 6.65. The van der Waals surface area contributed by atoms with E-state index in [2.05, 4.69) is 10.4 Å². The van der Waals surface area contributed by atoms with Crippen LogP contribution < -0.4 is 10.9 Å². The molecule has 1 aromatic carbocycles. The molecule has 0 radical (unpaired) electrons. The molecule has 7 heteroatoms. The molecule has 0 aliphatic carbocycles. The number of benzene rings is 1. The number of nitrogens with one attached hydrogen (secondary N) is 1. The Labute approximate surface area is 155 Å². The van der Waals surface area contributed by atoms with Crippen LogP contribution in [0.25, 0.3) is 16.6 Å². The summed E-state index contributed by atoms with van der Waals surface area (Å²) in [5.74, 6) is 0.353. The Morgan fingerprint density at radius 3 is 2.78 bits per heavy atom. The van der Waals surface area contributed by atoms with Crippen molar-refractivity contribution in [3.63, 3.8) is 0 Å². The number of furan rings is 1. The Balaban J connectivity index is 1.65. The molecule has 4 aromatic rings. The number of amides is 1. The van der Waals surface area contributed by atoms with Crippen molar-refractivity contribution in [1.29, 1.82) is 0 Å². The fraction of sp³-hybridized carbons (Fsp3) is 0.250. The molecule has 0 aliphatic rings. The summed E-state index contributed by atoms with van der Waals surface area (Å²) in [6, 6.07) is 10.6. The number of fused-ring (bicyclic) bond motifs is 3. The van der Waals surface area contributed by atoms with E-state index in [1.54, 1.807) is 36.6 Å². The van der Waals surface area contributed by atoms with E-state index in [9.17, 15) is 9.59 Å². The van der Waals surface area contributed by atoms with Crippen molar-refractivity contribution in [1.82, 2.24) is 19.5 Å². The lowest BCUT2D eigenvalue weighted by atomic mass is 10.1. The highest BCUT2D eigenvalue weighted by Crippen LogP contribution is 2.20. The predicted octanol–water partition coefficient (Wildman–Crippen LogP) is 2.74. The maximum absolute atomic E-state index is 12.9. The first kappa shape index (κ1) is 17.1. The van der Waals surface area contributed by atoms with Crippen molar-refractivity contribution in [3.8, 4) is 0 Å². The molecule has 4 rings (SSSR count). The minimum Gasteiger partial charge on any atom is -0.463 e. The molecule has 3 aromatic heterocycles. The molecule has 0 aliphatic heterocycles. The highest BCUT2D eigenvalue weighted by atomic mass is 16.3. The van der Waals surface area contributed by atoms with Crippen molar-refractivity contribution >= 4 is 22.5 Å². The summed E-state index contributed by atoms with van der Waals surface area (Å²) in [7, 11) is 0. The third-order valence-electron chi connectivity index (χ3n) is 4.89. The molecule has 1 atom stereocenters. The molecule has 0 fully saturated rings. The highest BCUT2D eigenvalue weighted by Gasteiger charge is 2.21. The van der Waals surface area contributed by atoms with Crippen molar-refractivity contribution < 1.29 is 9.21 Å². The highest BCUT2D eigenvalue weighted by molar-refractivity contribution is 5.83. The lowest BCUT2D eigenvalue weighted by Gasteiger charge is -2.16. The molecular weight excluding hydrogens is 344 g/mol. The summed E-state index contributed by atoms with van der Waals surface area (Å²) >= 11 is 0. The van der Waals surface area contributed by atoms with Gasteiger partial charge in [0.2, 0.25) is 5.91 Å². The molecule has 0 spiro atoms. The van der Waals surface area contributed by atoms with Crippen LogP contribution in [0.5, 0.6) is 0 Å². The van der Waals surface area contributed by atoms with Crippen LogP contribution in [-0.2, 0) is 11.3 Å². The predicted molar refractivity (Wildman–Crippen MR) is 102 cm³/mol. The van der Waals surface area contributed by atoms with Crippen LogP contribution in [-0.4, -0.2) is 20.1 Å². The van der Waals surface area contributed by atoms with Crippen LogP contribution in [0.3, 0.4) is 0 Å². The van der Waals surface area contributed by atoms with Crippen LogP contribution in [0.1, 0.15) is 29.9 Å². The SMILES string of the molecule is Cc1ccccc1CNC(=O)C(C)n1nc(C)n2c(cc3occc32)c1=O. The number of rotatable bonds is 4. The summed E-state index contributed by atoms with van der Waals surface area (Å²) in [5, 5.41) is 7.25. The number of nitrogens with zero attached hydrogens (tertiary/aromatic N) is 3. The normalized spacial score (nSPS) is 12.6.